The molecule has 0 bridgehead atoms. The first-order chi connectivity index (χ1) is 10.0. The molecule has 2 rings (SSSR count). The molecular weight excluding hydrogens is 293 g/mol. The lowest BCUT2D eigenvalue weighted by Gasteiger charge is -2.07. The van der Waals surface area contributed by atoms with Crippen molar-refractivity contribution in [2.75, 3.05) is 5.32 Å². The van der Waals surface area contributed by atoms with Gasteiger partial charge in [-0.2, -0.15) is 5.10 Å². The van der Waals surface area contributed by atoms with Crippen molar-refractivity contribution >= 4 is 23.3 Å². The van der Waals surface area contributed by atoms with Crippen LogP contribution < -0.4 is 5.32 Å². The molecule has 1 N–H and O–H groups in total. The molecule has 0 fully saturated rings. The third-order valence-electron chi connectivity index (χ3n) is 3.10. The highest BCUT2D eigenvalue weighted by atomic mass is 35.5. The largest absolute Gasteiger partial charge is 0.309 e. The highest BCUT2D eigenvalue weighted by Crippen LogP contribution is 2.21. The van der Waals surface area contributed by atoms with E-state index in [0.717, 1.165) is 12.1 Å². The van der Waals surface area contributed by atoms with Crippen LogP contribution in [-0.2, 0) is 11.3 Å². The maximum atomic E-state index is 13.8. The lowest BCUT2D eigenvalue weighted by Crippen LogP contribution is -2.12. The van der Waals surface area contributed by atoms with Gasteiger partial charge in [0, 0.05) is 28.8 Å². The third kappa shape index (κ3) is 3.82. The van der Waals surface area contributed by atoms with E-state index in [4.69, 9.17) is 11.6 Å². The van der Waals surface area contributed by atoms with Gasteiger partial charge < -0.3 is 5.32 Å². The van der Waals surface area contributed by atoms with Crippen LogP contribution >= 0.6 is 11.6 Å². The number of hydrogen-bond donors (Lipinski definition) is 1. The molecule has 0 saturated heterocycles. The number of anilines is 1. The molecule has 0 atom stereocenters. The van der Waals surface area contributed by atoms with Crippen molar-refractivity contribution in [3.05, 3.63) is 46.4 Å². The summed E-state index contributed by atoms with van der Waals surface area (Å²) in [5.41, 5.74) is 1.21. The second-order valence-electron chi connectivity index (χ2n) is 4.83. The Morgan fingerprint density at radius 2 is 2.24 bits per heavy atom. The fourth-order valence-electron chi connectivity index (χ4n) is 2.00. The van der Waals surface area contributed by atoms with E-state index < -0.39 is 0 Å². The van der Waals surface area contributed by atoms with Gasteiger partial charge in [-0.3, -0.25) is 9.48 Å². The van der Waals surface area contributed by atoms with Gasteiger partial charge in [-0.25, -0.2) is 4.39 Å². The number of halogens is 2. The third-order valence-corrected chi connectivity index (χ3v) is 3.45. The Labute approximate surface area is 127 Å². The summed E-state index contributed by atoms with van der Waals surface area (Å²) in [6, 6.07) is 6.32. The molecule has 0 aliphatic carbocycles. The minimum atomic E-state index is -0.367. The van der Waals surface area contributed by atoms with Crippen molar-refractivity contribution in [3.63, 3.8) is 0 Å². The molecule has 4 nitrogen and oxygen atoms in total. The van der Waals surface area contributed by atoms with Gasteiger partial charge in [0.15, 0.2) is 5.82 Å². The summed E-state index contributed by atoms with van der Waals surface area (Å²) < 4.78 is 15.4. The van der Waals surface area contributed by atoms with Crippen LogP contribution in [0.3, 0.4) is 0 Å². The first-order valence-electron chi connectivity index (χ1n) is 6.78. The van der Waals surface area contributed by atoms with Crippen LogP contribution in [0.25, 0.3) is 0 Å². The molecule has 2 aromatic rings. The molecule has 0 radical (unpaired) electrons. The highest BCUT2D eigenvalue weighted by molar-refractivity contribution is 6.31. The molecule has 21 heavy (non-hydrogen) atoms. The summed E-state index contributed by atoms with van der Waals surface area (Å²) in [5.74, 6) is 0.0263. The Morgan fingerprint density at radius 1 is 1.48 bits per heavy atom. The fourth-order valence-corrected chi connectivity index (χ4v) is 2.22. The smallest absolute Gasteiger partial charge is 0.225 e. The lowest BCUT2D eigenvalue weighted by molar-refractivity contribution is -0.116. The number of amides is 1. The predicted molar refractivity (Wildman–Crippen MR) is 81.0 cm³/mol. The standard InChI is InChI=1S/C15H17ClFN3O/c1-3-5-15(21)18-14-8-10(2)20(19-14)9-11-12(16)6-4-7-13(11)17/h4,6-8H,3,5,9H2,1-2H3,(H,18,19,21). The van der Waals surface area contributed by atoms with Crippen molar-refractivity contribution in [1.29, 1.82) is 0 Å². The first kappa shape index (κ1) is 15.5. The summed E-state index contributed by atoms with van der Waals surface area (Å²) >= 11 is 6.01. The van der Waals surface area contributed by atoms with Gasteiger partial charge in [-0.05, 0) is 25.5 Å². The SMILES string of the molecule is CCCC(=O)Nc1cc(C)n(Cc2c(F)cccc2Cl)n1. The summed E-state index contributed by atoms with van der Waals surface area (Å²) in [4.78, 5) is 11.6. The molecule has 0 unspecified atom stereocenters. The van der Waals surface area contributed by atoms with Crippen molar-refractivity contribution < 1.29 is 9.18 Å². The number of aromatic nitrogens is 2. The monoisotopic (exact) mass is 309 g/mol. The average molecular weight is 310 g/mol. The molecule has 1 amide bonds. The summed E-state index contributed by atoms with van der Waals surface area (Å²) in [5, 5.41) is 7.35. The van der Waals surface area contributed by atoms with E-state index >= 15 is 0 Å². The molecule has 112 valence electrons. The number of aryl methyl sites for hydroxylation is 1. The van der Waals surface area contributed by atoms with Crippen molar-refractivity contribution in [3.8, 4) is 0 Å². The van der Waals surface area contributed by atoms with Gasteiger partial charge in [0.1, 0.15) is 5.82 Å². The van der Waals surface area contributed by atoms with Crippen LogP contribution in [0.2, 0.25) is 5.02 Å². The number of carbonyl (C=O) groups excluding carboxylic acids is 1. The van der Waals surface area contributed by atoms with Crippen LogP contribution in [-0.4, -0.2) is 15.7 Å². The van der Waals surface area contributed by atoms with Crippen LogP contribution in [0.5, 0.6) is 0 Å². The van der Waals surface area contributed by atoms with E-state index in [2.05, 4.69) is 10.4 Å². The second-order valence-corrected chi connectivity index (χ2v) is 5.23. The predicted octanol–water partition coefficient (Wildman–Crippen LogP) is 3.77. The topological polar surface area (TPSA) is 46.9 Å². The maximum absolute atomic E-state index is 13.8. The van der Waals surface area contributed by atoms with Crippen LogP contribution in [0, 0.1) is 12.7 Å². The molecule has 0 spiro atoms. The van der Waals surface area contributed by atoms with E-state index in [0.29, 0.717) is 22.8 Å². The highest BCUT2D eigenvalue weighted by Gasteiger charge is 2.12. The summed E-state index contributed by atoms with van der Waals surface area (Å²) in [6.07, 6.45) is 1.22. The van der Waals surface area contributed by atoms with Crippen LogP contribution in [0.1, 0.15) is 31.0 Å². The van der Waals surface area contributed by atoms with Gasteiger partial charge in [0.05, 0.1) is 6.54 Å². The zero-order chi connectivity index (χ0) is 15.4. The van der Waals surface area contributed by atoms with Gasteiger partial charge in [-0.1, -0.05) is 24.6 Å². The van der Waals surface area contributed by atoms with Gasteiger partial charge >= 0.3 is 0 Å². The first-order valence-corrected chi connectivity index (χ1v) is 7.16. The number of benzene rings is 1. The van der Waals surface area contributed by atoms with E-state index in [-0.39, 0.29) is 18.3 Å². The number of nitrogens with zero attached hydrogens (tertiary/aromatic N) is 2. The Balaban J connectivity index is 2.18. The zero-order valence-corrected chi connectivity index (χ0v) is 12.7. The van der Waals surface area contributed by atoms with Gasteiger partial charge in [-0.15, -0.1) is 0 Å². The Kier molecular flexibility index (Phi) is 4.96. The Morgan fingerprint density at radius 3 is 2.90 bits per heavy atom. The average Bonchev–Trinajstić information content (AvgIpc) is 2.74. The summed E-state index contributed by atoms with van der Waals surface area (Å²) in [6.45, 7) is 4.00. The van der Waals surface area contributed by atoms with Crippen LogP contribution in [0.4, 0.5) is 10.2 Å². The molecule has 0 aliphatic rings. The number of nitrogens with one attached hydrogen (secondary N) is 1. The molecule has 1 aromatic carbocycles. The summed E-state index contributed by atoms with van der Waals surface area (Å²) in [7, 11) is 0. The number of rotatable bonds is 5. The van der Waals surface area contributed by atoms with E-state index in [9.17, 15) is 9.18 Å². The van der Waals surface area contributed by atoms with Crippen LogP contribution in [0.15, 0.2) is 24.3 Å². The Hall–Kier alpha value is -1.88. The zero-order valence-electron chi connectivity index (χ0n) is 12.0. The second kappa shape index (κ2) is 6.72. The molecule has 0 saturated carbocycles. The fraction of sp³-hybridized carbons (Fsp3) is 0.333. The van der Waals surface area contributed by atoms with Crippen molar-refractivity contribution in [2.24, 2.45) is 0 Å². The Bertz CT molecular complexity index is 634. The van der Waals surface area contributed by atoms with Gasteiger partial charge in [0.2, 0.25) is 5.91 Å². The van der Waals surface area contributed by atoms with E-state index in [1.165, 1.54) is 6.07 Å². The molecule has 6 heteroatoms. The molecule has 1 heterocycles. The lowest BCUT2D eigenvalue weighted by atomic mass is 10.2. The molecule has 1 aromatic heterocycles. The minimum absolute atomic E-state index is 0.0777. The number of hydrogen-bond acceptors (Lipinski definition) is 2. The maximum Gasteiger partial charge on any atom is 0.225 e. The molecule has 0 aliphatic heterocycles. The van der Waals surface area contributed by atoms with Gasteiger partial charge in [0.25, 0.3) is 0 Å². The minimum Gasteiger partial charge on any atom is -0.309 e. The molecular formula is C15H17ClFN3O. The normalized spacial score (nSPS) is 10.7. The van der Waals surface area contributed by atoms with Crippen molar-refractivity contribution in [1.82, 2.24) is 9.78 Å². The van der Waals surface area contributed by atoms with E-state index in [1.54, 1.807) is 22.9 Å². The quantitative estimate of drug-likeness (QED) is 0.914. The van der Waals surface area contributed by atoms with Crippen molar-refractivity contribution in [2.45, 2.75) is 33.2 Å². The van der Waals surface area contributed by atoms with E-state index in [1.807, 2.05) is 13.8 Å². The number of carbonyl (C=O) groups is 1.